The average molecular weight is 481 g/mol. The smallest absolute Gasteiger partial charge is 0.166 e. The maximum atomic E-state index is 15.0. The van der Waals surface area contributed by atoms with Crippen molar-refractivity contribution in [1.29, 1.82) is 0 Å². The van der Waals surface area contributed by atoms with Gasteiger partial charge in [0.2, 0.25) is 0 Å². The Morgan fingerprint density at radius 1 is 0.771 bits per heavy atom. The van der Waals surface area contributed by atoms with E-state index in [2.05, 4.69) is 0 Å². The summed E-state index contributed by atoms with van der Waals surface area (Å²) in [6.45, 7) is 4.87. The van der Waals surface area contributed by atoms with Gasteiger partial charge in [0.05, 0.1) is 12.7 Å². The first-order valence-electron chi connectivity index (χ1n) is 12.3. The van der Waals surface area contributed by atoms with Crippen molar-refractivity contribution in [1.82, 2.24) is 0 Å². The lowest BCUT2D eigenvalue weighted by Gasteiger charge is -2.29. The number of halogens is 3. The van der Waals surface area contributed by atoms with Gasteiger partial charge in [-0.25, -0.2) is 13.2 Å². The highest BCUT2D eigenvalue weighted by molar-refractivity contribution is 5.72. The number of rotatable bonds is 8. The maximum absolute atomic E-state index is 15.0. The van der Waals surface area contributed by atoms with Crippen LogP contribution in [0, 0.1) is 17.5 Å². The second kappa shape index (κ2) is 11.6. The monoisotopic (exact) mass is 480 g/mol. The molecule has 0 bridgehead atoms. The molecular weight excluding hydrogens is 449 g/mol. The molecule has 0 aliphatic heterocycles. The van der Waals surface area contributed by atoms with Crippen LogP contribution in [0.2, 0.25) is 0 Å². The predicted molar refractivity (Wildman–Crippen MR) is 135 cm³/mol. The molecule has 3 aromatic carbocycles. The zero-order valence-electron chi connectivity index (χ0n) is 20.2. The van der Waals surface area contributed by atoms with E-state index in [4.69, 9.17) is 9.47 Å². The van der Waals surface area contributed by atoms with Gasteiger partial charge in [0.25, 0.3) is 0 Å². The fourth-order valence-corrected chi connectivity index (χ4v) is 4.74. The highest BCUT2D eigenvalue weighted by Gasteiger charge is 2.26. The summed E-state index contributed by atoms with van der Waals surface area (Å²) < 4.78 is 55.0. The van der Waals surface area contributed by atoms with Crippen molar-refractivity contribution in [2.45, 2.75) is 51.6 Å². The molecule has 4 rings (SSSR count). The van der Waals surface area contributed by atoms with E-state index in [1.54, 1.807) is 49.4 Å². The molecule has 3 aromatic rings. The summed E-state index contributed by atoms with van der Waals surface area (Å²) in [6.07, 6.45) is 7.23. The van der Waals surface area contributed by atoms with E-state index in [-0.39, 0.29) is 23.3 Å². The van der Waals surface area contributed by atoms with Gasteiger partial charge < -0.3 is 9.47 Å². The summed E-state index contributed by atoms with van der Waals surface area (Å²) >= 11 is 0. The van der Waals surface area contributed by atoms with Crippen LogP contribution < -0.4 is 4.74 Å². The first-order chi connectivity index (χ1) is 17.0. The normalized spacial score (nSPS) is 18.2. The molecule has 0 aromatic heterocycles. The first kappa shape index (κ1) is 25.1. The molecule has 35 heavy (non-hydrogen) atoms. The van der Waals surface area contributed by atoms with Crippen LogP contribution in [0.1, 0.15) is 62.1 Å². The van der Waals surface area contributed by atoms with Crippen molar-refractivity contribution in [2.24, 2.45) is 0 Å². The van der Waals surface area contributed by atoms with Gasteiger partial charge >= 0.3 is 0 Å². The molecule has 0 unspecified atom stereocenters. The van der Waals surface area contributed by atoms with Crippen LogP contribution in [0.4, 0.5) is 13.2 Å². The Kier molecular flexibility index (Phi) is 8.29. The van der Waals surface area contributed by atoms with Crippen molar-refractivity contribution in [3.63, 3.8) is 0 Å². The molecule has 0 atom stereocenters. The summed E-state index contributed by atoms with van der Waals surface area (Å²) in [5.74, 6) is -1.71. The summed E-state index contributed by atoms with van der Waals surface area (Å²) in [7, 11) is 0. The van der Waals surface area contributed by atoms with Gasteiger partial charge in [0.15, 0.2) is 23.2 Å². The van der Waals surface area contributed by atoms with E-state index in [9.17, 15) is 4.39 Å². The summed E-state index contributed by atoms with van der Waals surface area (Å²) in [5.41, 5.74) is 2.89. The maximum Gasteiger partial charge on any atom is 0.166 e. The molecule has 0 spiro atoms. The molecular formula is C30H31F3O2. The Balaban J connectivity index is 1.46. The lowest BCUT2D eigenvalue weighted by molar-refractivity contribution is 0.0325. The van der Waals surface area contributed by atoms with Crippen LogP contribution in [-0.2, 0) is 4.74 Å². The Bertz CT molecular complexity index is 1160. The van der Waals surface area contributed by atoms with Crippen LogP contribution >= 0.6 is 0 Å². The van der Waals surface area contributed by atoms with Crippen LogP contribution in [0.15, 0.2) is 54.6 Å². The lowest BCUT2D eigenvalue weighted by Crippen LogP contribution is -2.21. The molecule has 1 aliphatic rings. The third kappa shape index (κ3) is 5.96. The van der Waals surface area contributed by atoms with E-state index in [0.717, 1.165) is 31.2 Å². The largest absolute Gasteiger partial charge is 0.491 e. The van der Waals surface area contributed by atoms with E-state index in [1.807, 2.05) is 25.1 Å². The quantitative estimate of drug-likeness (QED) is 0.301. The molecule has 5 heteroatoms. The van der Waals surface area contributed by atoms with Crippen LogP contribution in [0.3, 0.4) is 0 Å². The topological polar surface area (TPSA) is 18.5 Å². The second-order valence-corrected chi connectivity index (χ2v) is 8.84. The van der Waals surface area contributed by atoms with E-state index in [0.29, 0.717) is 29.9 Å². The fraction of sp³-hybridized carbons (Fsp3) is 0.333. The molecule has 0 N–H and O–H groups in total. The molecule has 0 radical (unpaired) electrons. The van der Waals surface area contributed by atoms with E-state index < -0.39 is 17.5 Å². The molecule has 0 saturated heterocycles. The Hall–Kier alpha value is -3.05. The minimum Gasteiger partial charge on any atom is -0.491 e. The number of hydrogen-bond donors (Lipinski definition) is 0. The van der Waals surface area contributed by atoms with Crippen LogP contribution in [0.5, 0.6) is 5.75 Å². The van der Waals surface area contributed by atoms with Crippen molar-refractivity contribution >= 4 is 12.2 Å². The van der Waals surface area contributed by atoms with Gasteiger partial charge in [-0.3, -0.25) is 0 Å². The molecule has 184 valence electrons. The van der Waals surface area contributed by atoms with Gasteiger partial charge in [0.1, 0.15) is 0 Å². The summed E-state index contributed by atoms with van der Waals surface area (Å²) in [4.78, 5) is 0. The predicted octanol–water partition coefficient (Wildman–Crippen LogP) is 8.40. The van der Waals surface area contributed by atoms with Crippen molar-refractivity contribution in [3.05, 3.63) is 88.7 Å². The SMILES string of the molecule is CCOc1ccc(/C=C/c2ccc(-c3ccc(C4CCC(OCC)CC4)c(F)c3F)cc2)cc1F. The zero-order chi connectivity index (χ0) is 24.8. The molecule has 0 heterocycles. The van der Waals surface area contributed by atoms with Gasteiger partial charge in [-0.15, -0.1) is 0 Å². The number of hydrogen-bond acceptors (Lipinski definition) is 2. The Morgan fingerprint density at radius 3 is 2.11 bits per heavy atom. The minimum absolute atomic E-state index is 0.0233. The molecule has 1 saturated carbocycles. The Labute approximate surface area is 205 Å². The lowest BCUT2D eigenvalue weighted by atomic mass is 9.82. The van der Waals surface area contributed by atoms with E-state index in [1.165, 1.54) is 6.07 Å². The Morgan fingerprint density at radius 2 is 1.46 bits per heavy atom. The average Bonchev–Trinajstić information content (AvgIpc) is 2.87. The van der Waals surface area contributed by atoms with Crippen molar-refractivity contribution in [2.75, 3.05) is 13.2 Å². The summed E-state index contributed by atoms with van der Waals surface area (Å²) in [5, 5.41) is 0. The van der Waals surface area contributed by atoms with Crippen LogP contribution in [0.25, 0.3) is 23.3 Å². The van der Waals surface area contributed by atoms with Crippen molar-refractivity contribution < 1.29 is 22.6 Å². The number of benzene rings is 3. The molecule has 1 aliphatic carbocycles. The molecule has 0 amide bonds. The zero-order valence-corrected chi connectivity index (χ0v) is 20.2. The van der Waals surface area contributed by atoms with Gasteiger partial charge in [0, 0.05) is 12.2 Å². The number of ether oxygens (including phenoxy) is 2. The molecule has 1 fully saturated rings. The first-order valence-corrected chi connectivity index (χ1v) is 12.3. The highest BCUT2D eigenvalue weighted by Crippen LogP contribution is 2.37. The second-order valence-electron chi connectivity index (χ2n) is 8.84. The van der Waals surface area contributed by atoms with E-state index >= 15 is 8.78 Å². The standard InChI is InChI=1S/C30H31F3O2/c1-3-34-24-14-12-23(13-15-24)26-17-16-25(29(32)30(26)33)22-10-7-20(8-11-22)5-6-21-9-18-28(35-4-2)27(31)19-21/h5-11,16-19,23-24H,3-4,12-15H2,1-2H3/b6-5+. The van der Waals surface area contributed by atoms with Crippen LogP contribution in [-0.4, -0.2) is 19.3 Å². The highest BCUT2D eigenvalue weighted by atomic mass is 19.2. The minimum atomic E-state index is -0.803. The third-order valence-corrected chi connectivity index (χ3v) is 6.57. The summed E-state index contributed by atoms with van der Waals surface area (Å²) in [6, 6.07) is 15.4. The molecule has 2 nitrogen and oxygen atoms in total. The van der Waals surface area contributed by atoms with Gasteiger partial charge in [-0.2, -0.15) is 0 Å². The van der Waals surface area contributed by atoms with Gasteiger partial charge in [-0.1, -0.05) is 54.6 Å². The van der Waals surface area contributed by atoms with Crippen molar-refractivity contribution in [3.8, 4) is 16.9 Å². The third-order valence-electron chi connectivity index (χ3n) is 6.57. The fourth-order valence-electron chi connectivity index (χ4n) is 4.74. The van der Waals surface area contributed by atoms with Gasteiger partial charge in [-0.05, 0) is 79.8 Å².